The predicted octanol–water partition coefficient (Wildman–Crippen LogP) is 9.02. The zero-order chi connectivity index (χ0) is 29.6. The van der Waals surface area contributed by atoms with Gasteiger partial charge in [0.25, 0.3) is 0 Å². The number of imidazole rings is 2. The van der Waals surface area contributed by atoms with Crippen LogP contribution in [0.5, 0.6) is 0 Å². The molecule has 220 valence electrons. The van der Waals surface area contributed by atoms with Crippen molar-refractivity contribution in [3.8, 4) is 33.6 Å². The summed E-state index contributed by atoms with van der Waals surface area (Å²) in [6.07, 6.45) is 10.5. The minimum atomic E-state index is -0.521. The number of nitrogens with one attached hydrogen (secondary N) is 2. The lowest BCUT2D eigenvalue weighted by atomic mass is 9.98. The first-order valence-electron chi connectivity index (χ1n) is 15.6. The Morgan fingerprint density at radius 2 is 1.33 bits per heavy atom. The van der Waals surface area contributed by atoms with Gasteiger partial charge in [-0.3, -0.25) is 4.90 Å². The van der Waals surface area contributed by atoms with Crippen molar-refractivity contribution in [2.24, 2.45) is 0 Å². The summed E-state index contributed by atoms with van der Waals surface area (Å²) in [5.74, 6) is 2.53. The molecule has 2 N–H and O–H groups in total. The van der Waals surface area contributed by atoms with E-state index in [1.807, 2.05) is 33.2 Å². The molecule has 5 aromatic rings. The monoisotopic (exact) mass is 573 g/mol. The Kier molecular flexibility index (Phi) is 7.04. The van der Waals surface area contributed by atoms with Crippen molar-refractivity contribution in [3.05, 3.63) is 84.7 Å². The summed E-state index contributed by atoms with van der Waals surface area (Å²) in [6.45, 7) is 6.37. The second-order valence-corrected chi connectivity index (χ2v) is 13.0. The standard InChI is InChI=1S/C36H39N5O2/c1-36(2,3)43-35(42)41-18-6-9-32(41)34-38-21-30(40-34)24-12-10-23(11-13-24)26-14-15-28-20-29(17-16-27(28)19-26)31-22-37-33(39-31)25-7-4-5-8-25/h10-17,19-22,25,32H,4-9,18H2,1-3H3,(H,37,39)(H,38,40)/t32-/m1/s1. The topological polar surface area (TPSA) is 86.9 Å². The molecule has 7 heteroatoms. The third-order valence-electron chi connectivity index (χ3n) is 8.81. The number of likely N-dealkylation sites (tertiary alicyclic amines) is 1. The molecule has 1 aliphatic carbocycles. The molecule has 1 saturated carbocycles. The van der Waals surface area contributed by atoms with Gasteiger partial charge in [-0.05, 0) is 86.1 Å². The number of aromatic nitrogens is 4. The molecule has 1 saturated heterocycles. The van der Waals surface area contributed by atoms with E-state index in [-0.39, 0.29) is 12.1 Å². The molecule has 7 nitrogen and oxygen atoms in total. The van der Waals surface area contributed by atoms with E-state index < -0.39 is 5.60 Å². The zero-order valence-electron chi connectivity index (χ0n) is 25.2. The van der Waals surface area contributed by atoms with E-state index in [0.717, 1.165) is 47.0 Å². The summed E-state index contributed by atoms with van der Waals surface area (Å²) < 4.78 is 5.63. The van der Waals surface area contributed by atoms with Gasteiger partial charge in [0.15, 0.2) is 0 Å². The summed E-state index contributed by atoms with van der Waals surface area (Å²) in [6, 6.07) is 21.8. The van der Waals surface area contributed by atoms with Crippen molar-refractivity contribution >= 4 is 16.9 Å². The molecule has 2 fully saturated rings. The van der Waals surface area contributed by atoms with Gasteiger partial charge in [-0.25, -0.2) is 14.8 Å². The maximum Gasteiger partial charge on any atom is 0.410 e. The van der Waals surface area contributed by atoms with Crippen LogP contribution >= 0.6 is 0 Å². The Labute approximate surface area is 252 Å². The zero-order valence-corrected chi connectivity index (χ0v) is 25.2. The largest absolute Gasteiger partial charge is 0.444 e. The van der Waals surface area contributed by atoms with Gasteiger partial charge in [0.05, 0.1) is 29.8 Å². The smallest absolute Gasteiger partial charge is 0.410 e. The highest BCUT2D eigenvalue weighted by Crippen LogP contribution is 2.35. The predicted molar refractivity (Wildman–Crippen MR) is 171 cm³/mol. The molecular weight excluding hydrogens is 534 g/mol. The van der Waals surface area contributed by atoms with Crippen molar-refractivity contribution < 1.29 is 9.53 Å². The number of rotatable bonds is 5. The van der Waals surface area contributed by atoms with Gasteiger partial charge in [0, 0.05) is 18.0 Å². The summed E-state index contributed by atoms with van der Waals surface area (Å²) >= 11 is 0. The normalized spacial score (nSPS) is 17.7. The maximum absolute atomic E-state index is 12.8. The van der Waals surface area contributed by atoms with E-state index >= 15 is 0 Å². The maximum atomic E-state index is 12.8. The number of aromatic amines is 2. The van der Waals surface area contributed by atoms with E-state index in [9.17, 15) is 4.79 Å². The SMILES string of the molecule is CC(C)(C)OC(=O)N1CCC[C@@H]1c1ncc(-c2ccc(-c3ccc4cc(-c5cnc(C6CCCC6)[nH]5)ccc4c3)cc2)[nH]1. The number of hydrogen-bond donors (Lipinski definition) is 2. The molecule has 0 radical (unpaired) electrons. The molecule has 1 aliphatic heterocycles. The number of carbonyl (C=O) groups is 1. The van der Waals surface area contributed by atoms with Crippen molar-refractivity contribution in [1.29, 1.82) is 0 Å². The number of amides is 1. The summed E-state index contributed by atoms with van der Waals surface area (Å²) in [5, 5.41) is 2.43. The van der Waals surface area contributed by atoms with Gasteiger partial charge in [0.2, 0.25) is 0 Å². The highest BCUT2D eigenvalue weighted by molar-refractivity contribution is 5.90. The average Bonchev–Trinajstić information content (AvgIpc) is 3.82. The lowest BCUT2D eigenvalue weighted by molar-refractivity contribution is 0.0218. The molecule has 0 spiro atoms. The first kappa shape index (κ1) is 27.4. The molecule has 7 rings (SSSR count). The van der Waals surface area contributed by atoms with Gasteiger partial charge in [0.1, 0.15) is 17.2 Å². The van der Waals surface area contributed by atoms with Crippen molar-refractivity contribution in [1.82, 2.24) is 24.8 Å². The number of fused-ring (bicyclic) bond motifs is 1. The van der Waals surface area contributed by atoms with Crippen LogP contribution in [0.15, 0.2) is 73.1 Å². The number of benzene rings is 3. The summed E-state index contributed by atoms with van der Waals surface area (Å²) in [4.78, 5) is 31.0. The van der Waals surface area contributed by atoms with Crippen LogP contribution in [0.3, 0.4) is 0 Å². The lowest BCUT2D eigenvalue weighted by Gasteiger charge is -2.27. The van der Waals surface area contributed by atoms with Crippen LogP contribution in [-0.2, 0) is 4.74 Å². The minimum Gasteiger partial charge on any atom is -0.444 e. The molecule has 1 amide bonds. The molecule has 2 aliphatic rings. The van der Waals surface area contributed by atoms with Gasteiger partial charge >= 0.3 is 6.09 Å². The highest BCUT2D eigenvalue weighted by Gasteiger charge is 2.34. The van der Waals surface area contributed by atoms with Gasteiger partial charge in [-0.15, -0.1) is 0 Å². The van der Waals surface area contributed by atoms with Crippen molar-refractivity contribution in [3.63, 3.8) is 0 Å². The fourth-order valence-corrected chi connectivity index (χ4v) is 6.57. The number of carbonyl (C=O) groups excluding carboxylic acids is 1. The highest BCUT2D eigenvalue weighted by atomic mass is 16.6. The van der Waals surface area contributed by atoms with Crippen LogP contribution in [0.2, 0.25) is 0 Å². The Bertz CT molecular complexity index is 1750. The van der Waals surface area contributed by atoms with Crippen LogP contribution in [0, 0.1) is 0 Å². The third kappa shape index (κ3) is 5.68. The molecule has 3 heterocycles. The van der Waals surface area contributed by atoms with E-state index in [1.54, 1.807) is 4.90 Å². The minimum absolute atomic E-state index is 0.0939. The molecule has 3 aromatic carbocycles. The number of ether oxygens (including phenoxy) is 1. The van der Waals surface area contributed by atoms with Crippen LogP contribution < -0.4 is 0 Å². The van der Waals surface area contributed by atoms with E-state index in [0.29, 0.717) is 12.5 Å². The first-order chi connectivity index (χ1) is 20.8. The van der Waals surface area contributed by atoms with Crippen LogP contribution in [0.25, 0.3) is 44.4 Å². The molecule has 2 aromatic heterocycles. The summed E-state index contributed by atoms with van der Waals surface area (Å²) in [7, 11) is 0. The first-order valence-corrected chi connectivity index (χ1v) is 15.6. The van der Waals surface area contributed by atoms with Crippen molar-refractivity contribution in [2.75, 3.05) is 6.54 Å². The van der Waals surface area contributed by atoms with Crippen molar-refractivity contribution in [2.45, 2.75) is 76.9 Å². The fourth-order valence-electron chi connectivity index (χ4n) is 6.57. The molecular formula is C36H39N5O2. The molecule has 0 bridgehead atoms. The molecule has 0 unspecified atom stereocenters. The Morgan fingerprint density at radius 1 is 0.744 bits per heavy atom. The lowest BCUT2D eigenvalue weighted by Crippen LogP contribution is -2.36. The van der Waals surface area contributed by atoms with Crippen LogP contribution in [-0.4, -0.2) is 43.1 Å². The number of H-pyrrole nitrogens is 2. The fraction of sp³-hybridized carbons (Fsp3) is 0.361. The van der Waals surface area contributed by atoms with Gasteiger partial charge < -0.3 is 14.7 Å². The summed E-state index contributed by atoms with van der Waals surface area (Å²) in [5.41, 5.74) is 6.10. The van der Waals surface area contributed by atoms with E-state index in [1.165, 1.54) is 47.6 Å². The average molecular weight is 574 g/mol. The molecule has 43 heavy (non-hydrogen) atoms. The Morgan fingerprint density at radius 3 is 2.05 bits per heavy atom. The van der Waals surface area contributed by atoms with Gasteiger partial charge in [-0.1, -0.05) is 61.4 Å². The Hall–Kier alpha value is -4.39. The van der Waals surface area contributed by atoms with Gasteiger partial charge in [-0.2, -0.15) is 0 Å². The second kappa shape index (κ2) is 11.0. The van der Waals surface area contributed by atoms with Crippen LogP contribution in [0.4, 0.5) is 4.79 Å². The molecule has 1 atom stereocenters. The quantitative estimate of drug-likeness (QED) is 0.220. The number of nitrogens with zero attached hydrogens (tertiary/aromatic N) is 3. The van der Waals surface area contributed by atoms with Crippen LogP contribution in [0.1, 0.15) is 82.9 Å². The second-order valence-electron chi connectivity index (χ2n) is 13.0. The van der Waals surface area contributed by atoms with E-state index in [2.05, 4.69) is 75.6 Å². The third-order valence-corrected chi connectivity index (χ3v) is 8.81. The Balaban J connectivity index is 1.06. The van der Waals surface area contributed by atoms with E-state index in [4.69, 9.17) is 9.72 Å². The number of hydrogen-bond acceptors (Lipinski definition) is 4.